The van der Waals surface area contributed by atoms with Gasteiger partial charge in [0.1, 0.15) is 0 Å². The minimum absolute atomic E-state index is 0.193. The Balaban J connectivity index is 0.000000172. The normalized spacial score (nSPS) is 13.6. The molecule has 4 heteroatoms. The van der Waals surface area contributed by atoms with Crippen molar-refractivity contribution in [2.75, 3.05) is 13.2 Å². The van der Waals surface area contributed by atoms with Gasteiger partial charge < -0.3 is 9.47 Å². The third-order valence-electron chi connectivity index (χ3n) is 6.42. The van der Waals surface area contributed by atoms with Gasteiger partial charge in [-0.3, -0.25) is 0 Å². The highest BCUT2D eigenvalue weighted by Crippen LogP contribution is 2.24. The van der Waals surface area contributed by atoms with Crippen LogP contribution in [0, 0.1) is 5.92 Å². The predicted molar refractivity (Wildman–Crippen MR) is 141 cm³/mol. The number of hydrogen-bond acceptors (Lipinski definition) is 4. The highest BCUT2D eigenvalue weighted by Gasteiger charge is 2.16. The Morgan fingerprint density at radius 2 is 1.14 bits per heavy atom. The summed E-state index contributed by atoms with van der Waals surface area (Å²) in [4.78, 5) is 23.6. The minimum atomic E-state index is -0.261. The molecule has 4 nitrogen and oxygen atoms in total. The standard InChI is InChI=1S/C18H20O2.C13H12O2/c19-18(20-13-14-6-2-1-3-7-14)17-11-10-15-8-4-5-9-16(15)12-17;1-2-15-13(14)12-8-7-10-5-3-4-6-11(10)9-12/h4-5,8-12,14H,1-3,6-7,13H2;3-9H,2H2,1H3. The zero-order valence-electron chi connectivity index (χ0n) is 20.2. The van der Waals surface area contributed by atoms with Gasteiger partial charge in [-0.1, -0.05) is 79.9 Å². The van der Waals surface area contributed by atoms with Gasteiger partial charge >= 0.3 is 11.9 Å². The first-order valence-electron chi connectivity index (χ1n) is 12.5. The van der Waals surface area contributed by atoms with Crippen LogP contribution in [0.25, 0.3) is 21.5 Å². The molecule has 1 fully saturated rings. The van der Waals surface area contributed by atoms with Gasteiger partial charge in [-0.25, -0.2) is 9.59 Å². The summed E-state index contributed by atoms with van der Waals surface area (Å²) in [6.45, 7) is 2.79. The summed E-state index contributed by atoms with van der Waals surface area (Å²) in [6.07, 6.45) is 6.28. The quantitative estimate of drug-likeness (QED) is 0.283. The Labute approximate surface area is 206 Å². The molecule has 0 unspecified atom stereocenters. The Morgan fingerprint density at radius 1 is 0.657 bits per heavy atom. The first-order chi connectivity index (χ1) is 17.1. The predicted octanol–water partition coefficient (Wildman–Crippen LogP) is 7.59. The van der Waals surface area contributed by atoms with Crippen molar-refractivity contribution in [3.8, 4) is 0 Å². The highest BCUT2D eigenvalue weighted by molar-refractivity contribution is 5.96. The second kappa shape index (κ2) is 12.2. The molecule has 35 heavy (non-hydrogen) atoms. The Hall–Kier alpha value is -3.66. The molecule has 0 aliphatic heterocycles. The molecule has 4 aromatic carbocycles. The van der Waals surface area contributed by atoms with Crippen LogP contribution in [0.3, 0.4) is 0 Å². The van der Waals surface area contributed by atoms with Crippen molar-refractivity contribution >= 4 is 33.5 Å². The highest BCUT2D eigenvalue weighted by atomic mass is 16.5. The first kappa shape index (κ1) is 24.5. The zero-order chi connectivity index (χ0) is 24.5. The zero-order valence-corrected chi connectivity index (χ0v) is 20.2. The number of rotatable bonds is 5. The van der Waals surface area contributed by atoms with Gasteiger partial charge in [0.15, 0.2) is 0 Å². The smallest absolute Gasteiger partial charge is 0.338 e. The van der Waals surface area contributed by atoms with Crippen LogP contribution in [0.15, 0.2) is 84.9 Å². The summed E-state index contributed by atoms with van der Waals surface area (Å²) in [5.41, 5.74) is 1.26. The van der Waals surface area contributed by atoms with Crippen molar-refractivity contribution in [1.82, 2.24) is 0 Å². The fraction of sp³-hybridized carbons (Fsp3) is 0.290. The van der Waals surface area contributed by atoms with Crippen LogP contribution < -0.4 is 0 Å². The molecule has 0 aromatic heterocycles. The first-order valence-corrected chi connectivity index (χ1v) is 12.5. The van der Waals surface area contributed by atoms with E-state index in [1.54, 1.807) is 13.0 Å². The van der Waals surface area contributed by atoms with Gasteiger partial charge in [0.25, 0.3) is 0 Å². The maximum absolute atomic E-state index is 12.1. The molecule has 5 rings (SSSR count). The fourth-order valence-electron chi connectivity index (χ4n) is 4.48. The SMILES string of the molecule is CCOC(=O)c1ccc2ccccc2c1.O=C(OCC1CCCCC1)c1ccc2ccccc2c1. The summed E-state index contributed by atoms with van der Waals surface area (Å²) in [5, 5.41) is 4.42. The lowest BCUT2D eigenvalue weighted by molar-refractivity contribution is 0.0410. The van der Waals surface area contributed by atoms with Crippen molar-refractivity contribution in [3.63, 3.8) is 0 Å². The Morgan fingerprint density at radius 3 is 1.66 bits per heavy atom. The lowest BCUT2D eigenvalue weighted by atomic mass is 9.90. The molecule has 0 bridgehead atoms. The number of hydrogen-bond donors (Lipinski definition) is 0. The molecule has 4 aromatic rings. The third-order valence-corrected chi connectivity index (χ3v) is 6.42. The molecule has 0 radical (unpaired) electrons. The fourth-order valence-corrected chi connectivity index (χ4v) is 4.48. The number of ether oxygens (including phenoxy) is 2. The van der Waals surface area contributed by atoms with E-state index >= 15 is 0 Å². The summed E-state index contributed by atoms with van der Waals surface area (Å²) in [5.74, 6) is 0.109. The van der Waals surface area contributed by atoms with Crippen LogP contribution >= 0.6 is 0 Å². The average Bonchev–Trinajstić information content (AvgIpc) is 2.92. The summed E-state index contributed by atoms with van der Waals surface area (Å²) in [7, 11) is 0. The van der Waals surface area contributed by atoms with Gasteiger partial charge in [0, 0.05) is 0 Å². The maximum Gasteiger partial charge on any atom is 0.338 e. The summed E-state index contributed by atoms with van der Waals surface area (Å²) < 4.78 is 10.4. The topological polar surface area (TPSA) is 52.6 Å². The average molecular weight is 469 g/mol. The molecule has 0 N–H and O–H groups in total. The van der Waals surface area contributed by atoms with Gasteiger partial charge in [-0.2, -0.15) is 0 Å². The van der Waals surface area contributed by atoms with E-state index in [0.29, 0.717) is 30.3 Å². The van der Waals surface area contributed by atoms with Gasteiger partial charge in [-0.05, 0) is 71.5 Å². The second-order valence-electron chi connectivity index (χ2n) is 8.95. The van der Waals surface area contributed by atoms with E-state index in [4.69, 9.17) is 9.47 Å². The number of benzene rings is 4. The molecule has 0 spiro atoms. The van der Waals surface area contributed by atoms with E-state index in [-0.39, 0.29) is 11.9 Å². The van der Waals surface area contributed by atoms with E-state index in [0.717, 1.165) is 21.5 Å². The number of esters is 2. The molecule has 180 valence electrons. The van der Waals surface area contributed by atoms with Crippen LogP contribution in [0.4, 0.5) is 0 Å². The van der Waals surface area contributed by atoms with Crippen molar-refractivity contribution in [3.05, 3.63) is 96.1 Å². The van der Waals surface area contributed by atoms with Crippen molar-refractivity contribution < 1.29 is 19.1 Å². The van der Waals surface area contributed by atoms with E-state index in [1.165, 1.54) is 32.1 Å². The number of carbonyl (C=O) groups is 2. The minimum Gasteiger partial charge on any atom is -0.462 e. The molecular formula is C31H32O4. The molecular weight excluding hydrogens is 436 g/mol. The van der Waals surface area contributed by atoms with Crippen molar-refractivity contribution in [1.29, 1.82) is 0 Å². The molecule has 0 heterocycles. The third kappa shape index (κ3) is 6.69. The Kier molecular flexibility index (Phi) is 8.50. The Bertz CT molecular complexity index is 1290. The number of fused-ring (bicyclic) bond motifs is 2. The van der Waals surface area contributed by atoms with Gasteiger partial charge in [0.2, 0.25) is 0 Å². The van der Waals surface area contributed by atoms with Crippen molar-refractivity contribution in [2.24, 2.45) is 5.92 Å². The maximum atomic E-state index is 12.1. The van der Waals surface area contributed by atoms with E-state index < -0.39 is 0 Å². The summed E-state index contributed by atoms with van der Waals surface area (Å²) in [6, 6.07) is 27.3. The summed E-state index contributed by atoms with van der Waals surface area (Å²) >= 11 is 0. The molecule has 1 aliphatic rings. The van der Waals surface area contributed by atoms with Crippen LogP contribution in [0.1, 0.15) is 59.7 Å². The lowest BCUT2D eigenvalue weighted by Crippen LogP contribution is -2.16. The largest absolute Gasteiger partial charge is 0.462 e. The molecule has 0 amide bonds. The number of carbonyl (C=O) groups excluding carboxylic acids is 2. The van der Waals surface area contributed by atoms with Crippen molar-refractivity contribution in [2.45, 2.75) is 39.0 Å². The second-order valence-corrected chi connectivity index (χ2v) is 8.95. The van der Waals surface area contributed by atoms with Crippen LogP contribution in [0.5, 0.6) is 0 Å². The van der Waals surface area contributed by atoms with Crippen LogP contribution in [-0.2, 0) is 9.47 Å². The van der Waals surface area contributed by atoms with E-state index in [9.17, 15) is 9.59 Å². The lowest BCUT2D eigenvalue weighted by Gasteiger charge is -2.21. The molecule has 1 saturated carbocycles. The van der Waals surface area contributed by atoms with Gasteiger partial charge in [0.05, 0.1) is 24.3 Å². The van der Waals surface area contributed by atoms with Gasteiger partial charge in [-0.15, -0.1) is 0 Å². The molecule has 1 aliphatic carbocycles. The molecule has 0 atom stereocenters. The monoisotopic (exact) mass is 468 g/mol. The van der Waals surface area contributed by atoms with E-state index in [1.807, 2.05) is 78.9 Å². The van der Waals surface area contributed by atoms with E-state index in [2.05, 4.69) is 0 Å². The van der Waals surface area contributed by atoms with Crippen LogP contribution in [-0.4, -0.2) is 25.2 Å². The molecule has 0 saturated heterocycles. The van der Waals surface area contributed by atoms with Crippen LogP contribution in [0.2, 0.25) is 0 Å².